The highest BCUT2D eigenvalue weighted by molar-refractivity contribution is 5.70. The molecule has 0 N–H and O–H groups in total. The van der Waals surface area contributed by atoms with Crippen LogP contribution in [0.15, 0.2) is 0 Å². The van der Waals surface area contributed by atoms with E-state index in [1.165, 1.54) is 44.9 Å². The van der Waals surface area contributed by atoms with E-state index in [1.807, 2.05) is 0 Å². The molecule has 0 radical (unpaired) electrons. The number of carbonyl (C=O) groups excluding carboxylic acids is 2. The summed E-state index contributed by atoms with van der Waals surface area (Å²) < 4.78 is 10.4. The molecule has 0 amide bonds. The Morgan fingerprint density at radius 1 is 0.692 bits per heavy atom. The van der Waals surface area contributed by atoms with Crippen molar-refractivity contribution in [1.29, 1.82) is 0 Å². The van der Waals surface area contributed by atoms with Crippen LogP contribution in [0.4, 0.5) is 0 Å². The lowest BCUT2D eigenvalue weighted by Gasteiger charge is -2.09. The van der Waals surface area contributed by atoms with Gasteiger partial charge in [-0.3, -0.25) is 9.59 Å². The van der Waals surface area contributed by atoms with Gasteiger partial charge in [-0.15, -0.1) is 0 Å². The zero-order valence-electron chi connectivity index (χ0n) is 17.5. The second-order valence-electron chi connectivity index (χ2n) is 7.45. The molecule has 0 saturated heterocycles. The molecule has 0 fully saturated rings. The van der Waals surface area contributed by atoms with Crippen LogP contribution in [0.1, 0.15) is 111 Å². The molecule has 1 unspecified atom stereocenters. The first-order valence-corrected chi connectivity index (χ1v) is 10.9. The zero-order chi connectivity index (χ0) is 19.5. The normalized spacial score (nSPS) is 12.0. The Labute approximate surface area is 161 Å². The fourth-order valence-corrected chi connectivity index (χ4v) is 2.63. The summed E-state index contributed by atoms with van der Waals surface area (Å²) in [5, 5.41) is 0. The summed E-state index contributed by atoms with van der Waals surface area (Å²) in [4.78, 5) is 23.2. The average Bonchev–Trinajstić information content (AvgIpc) is 2.64. The molecule has 0 aliphatic heterocycles. The number of carbonyl (C=O) groups is 2. The summed E-state index contributed by atoms with van der Waals surface area (Å²) in [5.41, 5.74) is 0. The predicted octanol–water partition coefficient (Wildman–Crippen LogP) is 6.21. The topological polar surface area (TPSA) is 52.6 Å². The molecule has 4 heteroatoms. The Kier molecular flexibility index (Phi) is 18.0. The largest absolute Gasteiger partial charge is 0.466 e. The molecule has 26 heavy (non-hydrogen) atoms. The predicted molar refractivity (Wildman–Crippen MR) is 107 cm³/mol. The molecule has 0 bridgehead atoms. The maximum Gasteiger partial charge on any atom is 0.305 e. The van der Waals surface area contributed by atoms with E-state index in [9.17, 15) is 9.59 Å². The second kappa shape index (κ2) is 18.7. The van der Waals surface area contributed by atoms with Crippen LogP contribution in [0.25, 0.3) is 0 Å². The van der Waals surface area contributed by atoms with Gasteiger partial charge < -0.3 is 9.47 Å². The van der Waals surface area contributed by atoms with E-state index in [1.54, 1.807) is 0 Å². The van der Waals surface area contributed by atoms with Crippen molar-refractivity contribution >= 4 is 11.9 Å². The minimum atomic E-state index is -0.159. The van der Waals surface area contributed by atoms with Gasteiger partial charge in [0.15, 0.2) is 0 Å². The molecule has 0 saturated carbocycles. The third-order valence-corrected chi connectivity index (χ3v) is 4.75. The Morgan fingerprint density at radius 3 is 1.73 bits per heavy atom. The summed E-state index contributed by atoms with van der Waals surface area (Å²) in [7, 11) is 0. The molecule has 154 valence electrons. The second-order valence-corrected chi connectivity index (χ2v) is 7.45. The molecule has 0 rings (SSSR count). The van der Waals surface area contributed by atoms with E-state index in [0.29, 0.717) is 44.8 Å². The van der Waals surface area contributed by atoms with Crippen LogP contribution in [-0.4, -0.2) is 25.2 Å². The SMILES string of the molecule is CCCCCCCCCCCOC(=O)CCCCC(=O)OCC(C)CC. The van der Waals surface area contributed by atoms with Crippen LogP contribution in [0, 0.1) is 5.92 Å². The van der Waals surface area contributed by atoms with Crippen molar-refractivity contribution in [1.82, 2.24) is 0 Å². The van der Waals surface area contributed by atoms with Crippen LogP contribution in [0.5, 0.6) is 0 Å². The fourth-order valence-electron chi connectivity index (χ4n) is 2.63. The smallest absolute Gasteiger partial charge is 0.305 e. The molecule has 0 aromatic rings. The van der Waals surface area contributed by atoms with Crippen molar-refractivity contribution < 1.29 is 19.1 Å². The van der Waals surface area contributed by atoms with E-state index < -0.39 is 0 Å². The summed E-state index contributed by atoms with van der Waals surface area (Å²) >= 11 is 0. The van der Waals surface area contributed by atoms with Gasteiger partial charge >= 0.3 is 11.9 Å². The highest BCUT2D eigenvalue weighted by Crippen LogP contribution is 2.10. The molecule has 1 atom stereocenters. The van der Waals surface area contributed by atoms with E-state index in [0.717, 1.165) is 19.3 Å². The lowest BCUT2D eigenvalue weighted by atomic mass is 10.1. The molecule has 0 heterocycles. The summed E-state index contributed by atoms with van der Waals surface area (Å²) in [6.07, 6.45) is 14.5. The first-order valence-electron chi connectivity index (χ1n) is 10.9. The van der Waals surface area contributed by atoms with Crippen molar-refractivity contribution in [3.05, 3.63) is 0 Å². The number of hydrogen-bond acceptors (Lipinski definition) is 4. The van der Waals surface area contributed by atoms with Crippen LogP contribution in [0.3, 0.4) is 0 Å². The number of unbranched alkanes of at least 4 members (excludes halogenated alkanes) is 9. The van der Waals surface area contributed by atoms with Gasteiger partial charge in [0.2, 0.25) is 0 Å². The minimum Gasteiger partial charge on any atom is -0.466 e. The van der Waals surface area contributed by atoms with Gasteiger partial charge in [0, 0.05) is 12.8 Å². The van der Waals surface area contributed by atoms with E-state index in [-0.39, 0.29) is 11.9 Å². The number of rotatable bonds is 18. The summed E-state index contributed by atoms with van der Waals surface area (Å²) in [6.45, 7) is 7.42. The first kappa shape index (κ1) is 24.9. The van der Waals surface area contributed by atoms with Crippen LogP contribution in [-0.2, 0) is 19.1 Å². The number of ether oxygens (including phenoxy) is 2. The Bertz CT molecular complexity index is 341. The van der Waals surface area contributed by atoms with E-state index in [2.05, 4.69) is 20.8 Å². The molecule has 0 aliphatic carbocycles. The Hall–Kier alpha value is -1.06. The summed E-state index contributed by atoms with van der Waals surface area (Å²) in [6, 6.07) is 0. The quantitative estimate of drug-likeness (QED) is 0.212. The molecule has 4 nitrogen and oxygen atoms in total. The van der Waals surface area contributed by atoms with E-state index in [4.69, 9.17) is 9.47 Å². The van der Waals surface area contributed by atoms with Crippen molar-refractivity contribution in [3.8, 4) is 0 Å². The maximum atomic E-state index is 11.6. The van der Waals surface area contributed by atoms with Crippen molar-refractivity contribution in [2.45, 2.75) is 111 Å². The Morgan fingerprint density at radius 2 is 1.19 bits per heavy atom. The van der Waals surface area contributed by atoms with Gasteiger partial charge in [0.25, 0.3) is 0 Å². The molecular formula is C22H42O4. The van der Waals surface area contributed by atoms with Gasteiger partial charge in [0.05, 0.1) is 13.2 Å². The highest BCUT2D eigenvalue weighted by Gasteiger charge is 2.07. The van der Waals surface area contributed by atoms with Gasteiger partial charge in [-0.05, 0) is 25.2 Å². The fraction of sp³-hybridized carbons (Fsp3) is 0.909. The van der Waals surface area contributed by atoms with Crippen LogP contribution >= 0.6 is 0 Å². The van der Waals surface area contributed by atoms with Crippen molar-refractivity contribution in [2.75, 3.05) is 13.2 Å². The molecular weight excluding hydrogens is 328 g/mol. The molecule has 0 aromatic heterocycles. The summed E-state index contributed by atoms with van der Waals surface area (Å²) in [5.74, 6) is 0.112. The third kappa shape index (κ3) is 17.8. The number of esters is 2. The lowest BCUT2D eigenvalue weighted by molar-refractivity contribution is -0.146. The van der Waals surface area contributed by atoms with Crippen LogP contribution in [0.2, 0.25) is 0 Å². The van der Waals surface area contributed by atoms with E-state index >= 15 is 0 Å². The monoisotopic (exact) mass is 370 g/mol. The molecule has 0 spiro atoms. The minimum absolute atomic E-state index is 0.141. The standard InChI is InChI=1S/C22H42O4/c1-4-6-7-8-9-10-11-12-15-18-25-21(23)16-13-14-17-22(24)26-19-20(3)5-2/h20H,4-19H2,1-3H3. The van der Waals surface area contributed by atoms with Gasteiger partial charge in [0.1, 0.15) is 0 Å². The molecule has 0 aliphatic rings. The maximum absolute atomic E-state index is 11.6. The van der Waals surface area contributed by atoms with Crippen LogP contribution < -0.4 is 0 Å². The average molecular weight is 371 g/mol. The Balaban J connectivity index is 3.33. The zero-order valence-corrected chi connectivity index (χ0v) is 17.5. The van der Waals surface area contributed by atoms with Crippen molar-refractivity contribution in [2.24, 2.45) is 5.92 Å². The molecule has 0 aromatic carbocycles. The number of hydrogen-bond donors (Lipinski definition) is 0. The van der Waals surface area contributed by atoms with Gasteiger partial charge in [-0.25, -0.2) is 0 Å². The first-order chi connectivity index (χ1) is 12.6. The van der Waals surface area contributed by atoms with Gasteiger partial charge in [-0.2, -0.15) is 0 Å². The van der Waals surface area contributed by atoms with Gasteiger partial charge in [-0.1, -0.05) is 78.6 Å². The van der Waals surface area contributed by atoms with Crippen molar-refractivity contribution in [3.63, 3.8) is 0 Å². The third-order valence-electron chi connectivity index (χ3n) is 4.75. The highest BCUT2D eigenvalue weighted by atomic mass is 16.5. The lowest BCUT2D eigenvalue weighted by Crippen LogP contribution is -2.11.